The van der Waals surface area contributed by atoms with E-state index in [0.29, 0.717) is 32.7 Å². The van der Waals surface area contributed by atoms with Crippen molar-refractivity contribution in [2.24, 2.45) is 11.8 Å². The molecule has 2 atom stereocenters. The summed E-state index contributed by atoms with van der Waals surface area (Å²) in [6, 6.07) is -0.595. The number of carbonyl (C=O) groups is 4. The fourth-order valence-electron chi connectivity index (χ4n) is 3.91. The minimum atomic E-state index is -1.55. The van der Waals surface area contributed by atoms with E-state index in [9.17, 15) is 24.3 Å². The highest BCUT2D eigenvalue weighted by atomic mass is 16.6. The fourth-order valence-corrected chi connectivity index (χ4v) is 3.91. The Kier molecular flexibility index (Phi) is 8.27. The minimum absolute atomic E-state index is 0.0218. The Hall–Kier alpha value is -2.36. The van der Waals surface area contributed by atoms with Gasteiger partial charge in [0.1, 0.15) is 5.60 Å². The summed E-state index contributed by atoms with van der Waals surface area (Å²) in [5, 5.41) is 9.32. The Bertz CT molecular complexity index is 683. The summed E-state index contributed by atoms with van der Waals surface area (Å²) in [6.07, 6.45) is -0.287. The van der Waals surface area contributed by atoms with Gasteiger partial charge in [-0.2, -0.15) is 0 Å². The number of piperidine rings is 1. The molecule has 10 heteroatoms. The second-order valence-electron chi connectivity index (χ2n) is 9.57. The first-order valence-corrected chi connectivity index (χ1v) is 10.8. The largest absolute Gasteiger partial charge is 0.474 e. The first-order chi connectivity index (χ1) is 14.4. The third-order valence-corrected chi connectivity index (χ3v) is 5.20. The SMILES string of the molecule is CC(C)CN(C(=O)C(=O)O)[C@H]1CC(C(=O)N2CCOCC2)CN(C(=O)OC(C)(C)C)C1. The van der Waals surface area contributed by atoms with Crippen molar-refractivity contribution in [1.82, 2.24) is 14.7 Å². The summed E-state index contributed by atoms with van der Waals surface area (Å²) in [6.45, 7) is 11.4. The van der Waals surface area contributed by atoms with Crippen LogP contribution in [0, 0.1) is 11.8 Å². The Balaban J connectivity index is 2.29. The minimum Gasteiger partial charge on any atom is -0.474 e. The second-order valence-corrected chi connectivity index (χ2v) is 9.57. The molecule has 0 aromatic rings. The van der Waals surface area contributed by atoms with Crippen molar-refractivity contribution >= 4 is 23.9 Å². The van der Waals surface area contributed by atoms with Crippen LogP contribution in [-0.4, -0.2) is 101 Å². The predicted molar refractivity (Wildman–Crippen MR) is 111 cm³/mol. The van der Waals surface area contributed by atoms with E-state index in [4.69, 9.17) is 9.47 Å². The van der Waals surface area contributed by atoms with Gasteiger partial charge in [0.05, 0.1) is 25.2 Å². The monoisotopic (exact) mass is 441 g/mol. The summed E-state index contributed by atoms with van der Waals surface area (Å²) in [4.78, 5) is 54.3. The molecule has 10 nitrogen and oxygen atoms in total. The molecule has 2 rings (SSSR count). The number of hydrogen-bond acceptors (Lipinski definition) is 6. The van der Waals surface area contributed by atoms with Crippen LogP contribution in [0.25, 0.3) is 0 Å². The van der Waals surface area contributed by atoms with Crippen molar-refractivity contribution in [3.05, 3.63) is 0 Å². The Labute approximate surface area is 183 Å². The van der Waals surface area contributed by atoms with Crippen molar-refractivity contribution in [1.29, 1.82) is 0 Å². The maximum atomic E-state index is 13.2. The molecule has 0 spiro atoms. The number of carbonyl (C=O) groups excluding carboxylic acids is 3. The van der Waals surface area contributed by atoms with Crippen molar-refractivity contribution in [3.63, 3.8) is 0 Å². The summed E-state index contributed by atoms with van der Waals surface area (Å²) in [7, 11) is 0. The zero-order valence-corrected chi connectivity index (χ0v) is 19.1. The molecule has 31 heavy (non-hydrogen) atoms. The van der Waals surface area contributed by atoms with E-state index in [-0.39, 0.29) is 31.5 Å². The van der Waals surface area contributed by atoms with Crippen LogP contribution in [0.4, 0.5) is 4.79 Å². The molecule has 0 radical (unpaired) electrons. The molecule has 1 unspecified atom stereocenters. The molecule has 176 valence electrons. The number of ether oxygens (including phenoxy) is 2. The lowest BCUT2D eigenvalue weighted by Crippen LogP contribution is -2.59. The number of amides is 3. The van der Waals surface area contributed by atoms with Gasteiger partial charge in [-0.3, -0.25) is 9.59 Å². The van der Waals surface area contributed by atoms with Crippen LogP contribution >= 0.6 is 0 Å². The second kappa shape index (κ2) is 10.3. The highest BCUT2D eigenvalue weighted by Crippen LogP contribution is 2.26. The molecule has 0 bridgehead atoms. The van der Waals surface area contributed by atoms with Crippen LogP contribution in [-0.2, 0) is 23.9 Å². The summed E-state index contributed by atoms with van der Waals surface area (Å²) >= 11 is 0. The molecule has 2 aliphatic rings. The van der Waals surface area contributed by atoms with Crippen LogP contribution in [0.2, 0.25) is 0 Å². The number of likely N-dealkylation sites (tertiary alicyclic amines) is 1. The average molecular weight is 442 g/mol. The van der Waals surface area contributed by atoms with E-state index in [2.05, 4.69) is 0 Å². The molecule has 0 saturated carbocycles. The molecule has 3 amide bonds. The van der Waals surface area contributed by atoms with Crippen molar-refractivity contribution in [2.45, 2.75) is 52.7 Å². The highest BCUT2D eigenvalue weighted by Gasteiger charge is 2.41. The van der Waals surface area contributed by atoms with Gasteiger partial charge in [-0.15, -0.1) is 0 Å². The molecule has 2 saturated heterocycles. The first kappa shape index (κ1) is 24.9. The third-order valence-electron chi connectivity index (χ3n) is 5.20. The standard InChI is InChI=1S/C21H35N3O7/c1-14(2)11-24(18(26)19(27)28)16-10-15(17(25)22-6-8-30-9-7-22)12-23(13-16)20(29)31-21(3,4)5/h14-16H,6-13H2,1-5H3,(H,27,28)/t15?,16-/m0/s1. The Morgan fingerprint density at radius 3 is 2.23 bits per heavy atom. The van der Waals surface area contributed by atoms with E-state index < -0.39 is 35.5 Å². The van der Waals surface area contributed by atoms with Gasteiger partial charge in [0.25, 0.3) is 0 Å². The van der Waals surface area contributed by atoms with Gasteiger partial charge in [-0.05, 0) is 33.1 Å². The Morgan fingerprint density at radius 1 is 1.10 bits per heavy atom. The lowest BCUT2D eigenvalue weighted by atomic mass is 9.91. The zero-order chi connectivity index (χ0) is 23.3. The van der Waals surface area contributed by atoms with Crippen LogP contribution in [0.5, 0.6) is 0 Å². The number of carboxylic acid groups (broad SMARTS) is 1. The molecule has 2 aliphatic heterocycles. The molecule has 2 fully saturated rings. The number of morpholine rings is 1. The van der Waals surface area contributed by atoms with E-state index in [1.54, 1.807) is 25.7 Å². The van der Waals surface area contributed by atoms with Gasteiger partial charge in [-0.25, -0.2) is 9.59 Å². The predicted octanol–water partition coefficient (Wildman–Crippen LogP) is 1.04. The van der Waals surface area contributed by atoms with Crippen LogP contribution < -0.4 is 0 Å². The molecule has 2 heterocycles. The summed E-state index contributed by atoms with van der Waals surface area (Å²) in [5.74, 6) is -3.23. The summed E-state index contributed by atoms with van der Waals surface area (Å²) in [5.41, 5.74) is -0.720. The van der Waals surface area contributed by atoms with E-state index in [1.165, 1.54) is 9.80 Å². The van der Waals surface area contributed by atoms with Gasteiger partial charge in [0.2, 0.25) is 5.91 Å². The molecule has 1 N–H and O–H groups in total. The number of hydrogen-bond donors (Lipinski definition) is 1. The maximum Gasteiger partial charge on any atom is 0.410 e. The summed E-state index contributed by atoms with van der Waals surface area (Å²) < 4.78 is 10.8. The van der Waals surface area contributed by atoms with Crippen LogP contribution in [0.1, 0.15) is 41.0 Å². The van der Waals surface area contributed by atoms with Gasteiger partial charge in [0.15, 0.2) is 0 Å². The topological polar surface area (TPSA) is 117 Å². The molecule has 0 aliphatic carbocycles. The third kappa shape index (κ3) is 7.09. The first-order valence-electron chi connectivity index (χ1n) is 10.8. The maximum absolute atomic E-state index is 13.2. The highest BCUT2D eigenvalue weighted by molar-refractivity contribution is 6.31. The molecular weight excluding hydrogens is 406 g/mol. The van der Waals surface area contributed by atoms with E-state index >= 15 is 0 Å². The van der Waals surface area contributed by atoms with Gasteiger partial charge in [-0.1, -0.05) is 13.8 Å². The van der Waals surface area contributed by atoms with Crippen LogP contribution in [0.3, 0.4) is 0 Å². The van der Waals surface area contributed by atoms with E-state index in [1.807, 2.05) is 13.8 Å². The van der Waals surface area contributed by atoms with Crippen molar-refractivity contribution in [3.8, 4) is 0 Å². The van der Waals surface area contributed by atoms with Gasteiger partial charge < -0.3 is 29.3 Å². The lowest BCUT2D eigenvalue weighted by Gasteiger charge is -2.43. The van der Waals surface area contributed by atoms with Crippen molar-refractivity contribution < 1.29 is 33.8 Å². The smallest absolute Gasteiger partial charge is 0.410 e. The van der Waals surface area contributed by atoms with E-state index in [0.717, 1.165) is 0 Å². The number of aliphatic carboxylic acids is 1. The van der Waals surface area contributed by atoms with Crippen LogP contribution in [0.15, 0.2) is 0 Å². The zero-order valence-electron chi connectivity index (χ0n) is 19.1. The van der Waals surface area contributed by atoms with Gasteiger partial charge >= 0.3 is 18.0 Å². The molecule has 0 aromatic heterocycles. The molecular formula is C21H35N3O7. The van der Waals surface area contributed by atoms with Gasteiger partial charge in [0, 0.05) is 32.7 Å². The molecule has 0 aromatic carbocycles. The normalized spacial score (nSPS) is 22.3. The van der Waals surface area contributed by atoms with Crippen molar-refractivity contribution in [2.75, 3.05) is 45.9 Å². The number of carboxylic acids is 1. The quantitative estimate of drug-likeness (QED) is 0.648. The lowest BCUT2D eigenvalue weighted by molar-refractivity contribution is -0.159. The average Bonchev–Trinajstić information content (AvgIpc) is 2.69. The Morgan fingerprint density at radius 2 is 1.71 bits per heavy atom. The fraction of sp³-hybridized carbons (Fsp3) is 0.810. The number of nitrogens with zero attached hydrogens (tertiary/aromatic N) is 3. The number of rotatable bonds is 4.